The highest BCUT2D eigenvalue weighted by atomic mass is 32.2. The Morgan fingerprint density at radius 2 is 2.03 bits per heavy atom. The molecule has 3 aromatic rings. The van der Waals surface area contributed by atoms with Gasteiger partial charge in [-0.1, -0.05) is 30.8 Å². The zero-order valence-electron chi connectivity index (χ0n) is 18.6. The van der Waals surface area contributed by atoms with E-state index >= 15 is 0 Å². The number of thiophene rings is 1. The number of aryl methyl sites for hydroxylation is 4. The standard InChI is InChI=1S/C25H28N2O2S2/c1-6-9-27-24(29)22-18-8-7-14(2)10-21(18)31-23(22)26-25(27)30-13-20(28)19-12-16(4)15(3)11-17(19)5/h6,11-12,14H,1,7-10,13H2,2-5H3. The third kappa shape index (κ3) is 4.15. The minimum atomic E-state index is -0.00531. The maximum absolute atomic E-state index is 13.4. The number of Topliss-reactive ketones (excluding diaryl/α,β-unsaturated/α-hetero) is 1. The molecule has 0 saturated carbocycles. The third-order valence-corrected chi connectivity index (χ3v) is 8.29. The van der Waals surface area contributed by atoms with E-state index in [1.54, 1.807) is 22.0 Å². The first-order valence-electron chi connectivity index (χ1n) is 10.7. The zero-order valence-corrected chi connectivity index (χ0v) is 20.2. The van der Waals surface area contributed by atoms with Gasteiger partial charge in [0, 0.05) is 17.0 Å². The zero-order chi connectivity index (χ0) is 22.3. The monoisotopic (exact) mass is 452 g/mol. The maximum Gasteiger partial charge on any atom is 0.263 e. The summed E-state index contributed by atoms with van der Waals surface area (Å²) in [6.07, 6.45) is 4.79. The van der Waals surface area contributed by atoms with E-state index in [9.17, 15) is 9.59 Å². The molecule has 0 aliphatic heterocycles. The van der Waals surface area contributed by atoms with Crippen LogP contribution in [0.3, 0.4) is 0 Å². The van der Waals surface area contributed by atoms with E-state index < -0.39 is 0 Å². The lowest BCUT2D eigenvalue weighted by atomic mass is 9.89. The maximum atomic E-state index is 13.4. The van der Waals surface area contributed by atoms with E-state index in [0.717, 1.165) is 46.2 Å². The second-order valence-corrected chi connectivity index (χ2v) is 10.6. The van der Waals surface area contributed by atoms with Crippen molar-refractivity contribution in [1.29, 1.82) is 0 Å². The summed E-state index contributed by atoms with van der Waals surface area (Å²) < 4.78 is 1.67. The van der Waals surface area contributed by atoms with E-state index in [2.05, 4.69) is 26.5 Å². The van der Waals surface area contributed by atoms with E-state index in [4.69, 9.17) is 4.98 Å². The molecule has 1 aromatic carbocycles. The molecular formula is C25H28N2O2S2. The molecule has 4 nitrogen and oxygen atoms in total. The first-order valence-corrected chi connectivity index (χ1v) is 12.5. The van der Waals surface area contributed by atoms with Gasteiger partial charge in [-0.2, -0.15) is 0 Å². The largest absolute Gasteiger partial charge is 0.293 e. The van der Waals surface area contributed by atoms with Crippen LogP contribution in [0.1, 0.15) is 50.8 Å². The van der Waals surface area contributed by atoms with Crippen molar-refractivity contribution in [2.75, 3.05) is 5.75 Å². The molecule has 4 rings (SSSR count). The second-order valence-electron chi connectivity index (χ2n) is 8.59. The Balaban J connectivity index is 1.69. The minimum absolute atomic E-state index is 0.00531. The number of hydrogen-bond acceptors (Lipinski definition) is 5. The van der Waals surface area contributed by atoms with Crippen molar-refractivity contribution in [3.05, 3.63) is 67.8 Å². The van der Waals surface area contributed by atoms with Crippen molar-refractivity contribution in [2.45, 2.75) is 58.7 Å². The molecule has 0 spiro atoms. The predicted octanol–water partition coefficient (Wildman–Crippen LogP) is 5.67. The van der Waals surface area contributed by atoms with Crippen molar-refractivity contribution in [2.24, 2.45) is 5.92 Å². The van der Waals surface area contributed by atoms with Crippen molar-refractivity contribution in [1.82, 2.24) is 9.55 Å². The van der Waals surface area contributed by atoms with Gasteiger partial charge in [0.1, 0.15) is 4.83 Å². The molecule has 1 aliphatic rings. The molecule has 0 amide bonds. The number of fused-ring (bicyclic) bond motifs is 3. The van der Waals surface area contributed by atoms with Crippen LogP contribution < -0.4 is 5.56 Å². The van der Waals surface area contributed by atoms with Gasteiger partial charge in [0.05, 0.1) is 11.1 Å². The summed E-state index contributed by atoms with van der Waals surface area (Å²) in [5, 5.41) is 1.37. The summed E-state index contributed by atoms with van der Waals surface area (Å²) in [6, 6.07) is 4.03. The normalized spacial score (nSPS) is 15.8. The average molecular weight is 453 g/mol. The van der Waals surface area contributed by atoms with Gasteiger partial charge in [-0.3, -0.25) is 14.2 Å². The number of rotatable bonds is 6. The van der Waals surface area contributed by atoms with E-state index in [1.807, 2.05) is 19.9 Å². The van der Waals surface area contributed by atoms with Crippen molar-refractivity contribution < 1.29 is 4.79 Å². The molecule has 162 valence electrons. The summed E-state index contributed by atoms with van der Waals surface area (Å²) in [6.45, 7) is 12.5. The van der Waals surface area contributed by atoms with Gasteiger partial charge in [0.15, 0.2) is 10.9 Å². The number of aromatic nitrogens is 2. The highest BCUT2D eigenvalue weighted by Crippen LogP contribution is 2.36. The lowest BCUT2D eigenvalue weighted by molar-refractivity contribution is 0.102. The van der Waals surface area contributed by atoms with Gasteiger partial charge in [0.25, 0.3) is 5.56 Å². The summed E-state index contributed by atoms with van der Waals surface area (Å²) in [4.78, 5) is 33.3. The van der Waals surface area contributed by atoms with E-state index in [-0.39, 0.29) is 17.1 Å². The molecule has 2 heterocycles. The number of thioether (sulfide) groups is 1. The smallest absolute Gasteiger partial charge is 0.263 e. The Morgan fingerprint density at radius 1 is 1.29 bits per heavy atom. The van der Waals surface area contributed by atoms with Gasteiger partial charge in [-0.15, -0.1) is 17.9 Å². The molecule has 0 N–H and O–H groups in total. The molecule has 6 heteroatoms. The number of allylic oxidation sites excluding steroid dienone is 1. The van der Waals surface area contributed by atoms with Gasteiger partial charge in [-0.05, 0) is 74.3 Å². The Bertz CT molecular complexity index is 1250. The number of nitrogens with zero attached hydrogens (tertiary/aromatic N) is 2. The summed E-state index contributed by atoms with van der Waals surface area (Å²) in [7, 11) is 0. The first kappa shape index (κ1) is 22.0. The van der Waals surface area contributed by atoms with Gasteiger partial charge in [-0.25, -0.2) is 4.98 Å². The van der Waals surface area contributed by atoms with Crippen LogP contribution in [-0.2, 0) is 19.4 Å². The molecule has 31 heavy (non-hydrogen) atoms. The Kier molecular flexibility index (Phi) is 6.22. The van der Waals surface area contributed by atoms with Crippen molar-refractivity contribution >= 4 is 39.1 Å². The van der Waals surface area contributed by atoms with Crippen molar-refractivity contribution in [3.8, 4) is 0 Å². The van der Waals surface area contributed by atoms with Crippen LogP contribution in [0.5, 0.6) is 0 Å². The van der Waals surface area contributed by atoms with Crippen molar-refractivity contribution in [3.63, 3.8) is 0 Å². The Morgan fingerprint density at radius 3 is 2.77 bits per heavy atom. The lowest BCUT2D eigenvalue weighted by Crippen LogP contribution is -2.24. The van der Waals surface area contributed by atoms with Crippen LogP contribution >= 0.6 is 23.1 Å². The Labute approximate surface area is 191 Å². The molecule has 1 unspecified atom stereocenters. The van der Waals surface area contributed by atoms with Crippen LogP contribution in [0, 0.1) is 26.7 Å². The van der Waals surface area contributed by atoms with E-state index in [0.29, 0.717) is 17.6 Å². The molecule has 0 radical (unpaired) electrons. The van der Waals surface area contributed by atoms with E-state index in [1.165, 1.54) is 27.8 Å². The number of ketones is 1. The van der Waals surface area contributed by atoms with Gasteiger partial charge >= 0.3 is 0 Å². The first-order chi connectivity index (χ1) is 14.8. The van der Waals surface area contributed by atoms with Gasteiger partial charge in [0.2, 0.25) is 0 Å². The number of carbonyl (C=O) groups is 1. The molecule has 0 bridgehead atoms. The average Bonchev–Trinajstić information content (AvgIpc) is 3.08. The van der Waals surface area contributed by atoms with Crippen LogP contribution in [0.15, 0.2) is 34.7 Å². The third-order valence-electron chi connectivity index (χ3n) is 6.17. The summed E-state index contributed by atoms with van der Waals surface area (Å²) >= 11 is 2.99. The predicted molar refractivity (Wildman–Crippen MR) is 131 cm³/mol. The quantitative estimate of drug-likeness (QED) is 0.209. The molecule has 1 aliphatic carbocycles. The number of carbonyl (C=O) groups excluding carboxylic acids is 1. The van der Waals surface area contributed by atoms with Crippen LogP contribution in [0.25, 0.3) is 10.2 Å². The SMILES string of the molecule is C=CCn1c(SCC(=O)c2cc(C)c(C)cc2C)nc2sc3c(c2c1=O)CCC(C)C3. The van der Waals surface area contributed by atoms with Crippen LogP contribution in [-0.4, -0.2) is 21.1 Å². The summed E-state index contributed by atoms with van der Waals surface area (Å²) in [5.41, 5.74) is 5.21. The number of benzene rings is 1. The molecule has 0 saturated heterocycles. The Hall–Kier alpha value is -2.18. The fourth-order valence-electron chi connectivity index (χ4n) is 4.27. The molecular weight excluding hydrogens is 424 g/mol. The van der Waals surface area contributed by atoms with Crippen LogP contribution in [0.4, 0.5) is 0 Å². The second kappa shape index (κ2) is 8.75. The molecule has 0 fully saturated rings. The fraction of sp³-hybridized carbons (Fsp3) is 0.400. The highest BCUT2D eigenvalue weighted by Gasteiger charge is 2.25. The van der Waals surface area contributed by atoms with Crippen LogP contribution in [0.2, 0.25) is 0 Å². The molecule has 2 aromatic heterocycles. The minimum Gasteiger partial charge on any atom is -0.293 e. The lowest BCUT2D eigenvalue weighted by Gasteiger charge is -2.17. The number of hydrogen-bond donors (Lipinski definition) is 0. The van der Waals surface area contributed by atoms with Gasteiger partial charge < -0.3 is 0 Å². The highest BCUT2D eigenvalue weighted by molar-refractivity contribution is 7.99. The fourth-order valence-corrected chi connectivity index (χ4v) is 6.59. The summed E-state index contributed by atoms with van der Waals surface area (Å²) in [5.74, 6) is 0.952. The molecule has 1 atom stereocenters. The topological polar surface area (TPSA) is 52.0 Å².